The maximum Gasteiger partial charge on any atom is 0.222 e. The van der Waals surface area contributed by atoms with Crippen molar-refractivity contribution < 1.29 is 14.3 Å². The van der Waals surface area contributed by atoms with Crippen LogP contribution in [0.3, 0.4) is 0 Å². The van der Waals surface area contributed by atoms with Crippen molar-refractivity contribution in [3.63, 3.8) is 0 Å². The van der Waals surface area contributed by atoms with E-state index >= 15 is 0 Å². The average Bonchev–Trinajstić information content (AvgIpc) is 3.12. The van der Waals surface area contributed by atoms with Gasteiger partial charge in [-0.2, -0.15) is 0 Å². The number of nitrogens with zero attached hydrogens (tertiary/aromatic N) is 1. The Labute approximate surface area is 148 Å². The number of amides is 1. The van der Waals surface area contributed by atoms with E-state index in [1.807, 2.05) is 42.3 Å². The number of hydrogen-bond donors (Lipinski definition) is 2. The van der Waals surface area contributed by atoms with E-state index in [2.05, 4.69) is 10.6 Å². The van der Waals surface area contributed by atoms with Gasteiger partial charge in [-0.1, -0.05) is 30.3 Å². The van der Waals surface area contributed by atoms with E-state index in [0.29, 0.717) is 37.8 Å². The monoisotopic (exact) mass is 351 g/mol. The summed E-state index contributed by atoms with van der Waals surface area (Å²) in [7, 11) is 1.92. The largest absolute Gasteiger partial charge is 0.362 e. The zero-order chi connectivity index (χ0) is 17.2. The number of carbonyl (C=O) groups is 1. The first-order valence-electron chi connectivity index (χ1n) is 8.18. The van der Waals surface area contributed by atoms with Gasteiger partial charge in [0, 0.05) is 39.5 Å². The summed E-state index contributed by atoms with van der Waals surface area (Å²) in [6, 6.07) is 9.84. The molecular weight excluding hydrogens is 326 g/mol. The molecule has 0 bridgehead atoms. The number of carbonyl (C=O) groups excluding carboxylic acids is 1. The van der Waals surface area contributed by atoms with Crippen LogP contribution in [0.1, 0.15) is 18.4 Å². The lowest BCUT2D eigenvalue weighted by Gasteiger charge is -2.22. The molecule has 0 spiro atoms. The molecule has 2 N–H and O–H groups in total. The van der Waals surface area contributed by atoms with E-state index in [9.17, 15) is 4.79 Å². The summed E-state index contributed by atoms with van der Waals surface area (Å²) in [5, 5.41) is 6.63. The SMILES string of the molecule is CN(CCC1OCCO1)C(=S)NCCC(=O)NCc1ccccc1. The van der Waals surface area contributed by atoms with Crippen LogP contribution in [0.5, 0.6) is 0 Å². The summed E-state index contributed by atoms with van der Waals surface area (Å²) in [5.41, 5.74) is 1.09. The first kappa shape index (κ1) is 18.6. The Morgan fingerprint density at radius 1 is 1.25 bits per heavy atom. The van der Waals surface area contributed by atoms with E-state index < -0.39 is 0 Å². The fourth-order valence-electron chi connectivity index (χ4n) is 2.28. The van der Waals surface area contributed by atoms with Crippen molar-refractivity contribution in [3.8, 4) is 0 Å². The molecule has 1 saturated heterocycles. The Hall–Kier alpha value is -1.70. The number of hydrogen-bond acceptors (Lipinski definition) is 4. The summed E-state index contributed by atoms with van der Waals surface area (Å²) in [6.45, 7) is 3.13. The van der Waals surface area contributed by atoms with Gasteiger partial charge in [-0.15, -0.1) is 0 Å². The van der Waals surface area contributed by atoms with Crippen molar-refractivity contribution in [1.29, 1.82) is 0 Å². The molecule has 1 amide bonds. The Kier molecular flexibility index (Phi) is 7.94. The predicted molar refractivity (Wildman–Crippen MR) is 96.4 cm³/mol. The maximum atomic E-state index is 11.8. The molecule has 2 rings (SSSR count). The van der Waals surface area contributed by atoms with E-state index in [1.54, 1.807) is 0 Å². The molecule has 1 aromatic rings. The van der Waals surface area contributed by atoms with Gasteiger partial charge in [-0.3, -0.25) is 4.79 Å². The summed E-state index contributed by atoms with van der Waals surface area (Å²) < 4.78 is 10.8. The molecule has 0 unspecified atom stereocenters. The van der Waals surface area contributed by atoms with Crippen molar-refractivity contribution in [3.05, 3.63) is 35.9 Å². The summed E-state index contributed by atoms with van der Waals surface area (Å²) in [4.78, 5) is 13.8. The lowest BCUT2D eigenvalue weighted by atomic mass is 10.2. The van der Waals surface area contributed by atoms with Crippen LogP contribution in [0.15, 0.2) is 30.3 Å². The molecular formula is C17H25N3O3S. The van der Waals surface area contributed by atoms with E-state index in [4.69, 9.17) is 21.7 Å². The second-order valence-electron chi connectivity index (χ2n) is 5.63. The fraction of sp³-hybridized carbons (Fsp3) is 0.529. The van der Waals surface area contributed by atoms with Crippen molar-refractivity contribution >= 4 is 23.2 Å². The van der Waals surface area contributed by atoms with Crippen molar-refractivity contribution in [2.75, 3.05) is 33.4 Å². The topological polar surface area (TPSA) is 62.8 Å². The highest BCUT2D eigenvalue weighted by atomic mass is 32.1. The minimum Gasteiger partial charge on any atom is -0.362 e. The first-order chi connectivity index (χ1) is 11.6. The summed E-state index contributed by atoms with van der Waals surface area (Å²) >= 11 is 5.31. The molecule has 0 radical (unpaired) electrons. The van der Waals surface area contributed by atoms with Crippen molar-refractivity contribution in [2.45, 2.75) is 25.7 Å². The second kappa shape index (κ2) is 10.2. The molecule has 1 aliphatic rings. The van der Waals surface area contributed by atoms with Gasteiger partial charge in [0.05, 0.1) is 13.2 Å². The molecule has 1 heterocycles. The van der Waals surface area contributed by atoms with Crippen molar-refractivity contribution in [1.82, 2.24) is 15.5 Å². The normalized spacial score (nSPS) is 14.4. The van der Waals surface area contributed by atoms with Gasteiger partial charge in [0.1, 0.15) is 0 Å². The minimum atomic E-state index is -0.126. The highest BCUT2D eigenvalue weighted by Gasteiger charge is 2.16. The summed E-state index contributed by atoms with van der Waals surface area (Å²) in [5.74, 6) is 0.00422. The van der Waals surface area contributed by atoms with E-state index in [-0.39, 0.29) is 12.2 Å². The molecule has 0 aliphatic carbocycles. The molecule has 24 heavy (non-hydrogen) atoms. The molecule has 0 atom stereocenters. The van der Waals surface area contributed by atoms with E-state index in [1.165, 1.54) is 0 Å². The molecule has 0 saturated carbocycles. The maximum absolute atomic E-state index is 11.8. The number of rotatable bonds is 8. The zero-order valence-corrected chi connectivity index (χ0v) is 14.8. The zero-order valence-electron chi connectivity index (χ0n) is 14.0. The van der Waals surface area contributed by atoms with Gasteiger partial charge in [-0.05, 0) is 17.8 Å². The number of thiocarbonyl (C=S) groups is 1. The van der Waals surface area contributed by atoms with E-state index in [0.717, 1.165) is 18.5 Å². The first-order valence-corrected chi connectivity index (χ1v) is 8.59. The molecule has 6 nitrogen and oxygen atoms in total. The summed E-state index contributed by atoms with van der Waals surface area (Å²) in [6.07, 6.45) is 1.03. The smallest absolute Gasteiger partial charge is 0.222 e. The van der Waals surface area contributed by atoms with Crippen LogP contribution < -0.4 is 10.6 Å². The minimum absolute atomic E-state index is 0.00422. The van der Waals surface area contributed by atoms with Crippen LogP contribution in [0, 0.1) is 0 Å². The third-order valence-electron chi connectivity index (χ3n) is 3.70. The third kappa shape index (κ3) is 6.82. The van der Waals surface area contributed by atoms with Gasteiger partial charge in [0.25, 0.3) is 0 Å². The molecule has 132 valence electrons. The molecule has 1 aliphatic heterocycles. The third-order valence-corrected chi connectivity index (χ3v) is 4.15. The fourth-order valence-corrected chi connectivity index (χ4v) is 2.47. The second-order valence-corrected chi connectivity index (χ2v) is 6.01. The average molecular weight is 351 g/mol. The molecule has 1 aromatic carbocycles. The highest BCUT2D eigenvalue weighted by Crippen LogP contribution is 2.08. The lowest BCUT2D eigenvalue weighted by Crippen LogP contribution is -2.40. The number of nitrogens with one attached hydrogen (secondary N) is 2. The van der Waals surface area contributed by atoms with Gasteiger partial charge >= 0.3 is 0 Å². The van der Waals surface area contributed by atoms with Crippen LogP contribution in [0.25, 0.3) is 0 Å². The van der Waals surface area contributed by atoms with Crippen LogP contribution >= 0.6 is 12.2 Å². The quantitative estimate of drug-likeness (QED) is 0.688. The Balaban J connectivity index is 1.55. The van der Waals surface area contributed by atoms with Gasteiger partial charge in [0.2, 0.25) is 5.91 Å². The molecule has 1 fully saturated rings. The van der Waals surface area contributed by atoms with Gasteiger partial charge < -0.3 is 25.0 Å². The van der Waals surface area contributed by atoms with Crippen LogP contribution in [-0.4, -0.2) is 55.6 Å². The number of ether oxygens (including phenoxy) is 2. The van der Waals surface area contributed by atoms with Crippen LogP contribution in [0.2, 0.25) is 0 Å². The van der Waals surface area contributed by atoms with Gasteiger partial charge in [0.15, 0.2) is 11.4 Å². The van der Waals surface area contributed by atoms with Crippen LogP contribution in [-0.2, 0) is 20.8 Å². The molecule has 0 aromatic heterocycles. The standard InChI is InChI=1S/C17H25N3O3S/c1-20(10-8-16-22-11-12-23-16)17(24)18-9-7-15(21)19-13-14-5-3-2-4-6-14/h2-6,16H,7-13H2,1H3,(H,18,24)(H,19,21). The Bertz CT molecular complexity index is 521. The van der Waals surface area contributed by atoms with Gasteiger partial charge in [-0.25, -0.2) is 0 Å². The van der Waals surface area contributed by atoms with Crippen molar-refractivity contribution in [2.24, 2.45) is 0 Å². The Morgan fingerprint density at radius 3 is 2.67 bits per heavy atom. The van der Waals surface area contributed by atoms with Crippen LogP contribution in [0.4, 0.5) is 0 Å². The highest BCUT2D eigenvalue weighted by molar-refractivity contribution is 7.80. The predicted octanol–water partition coefficient (Wildman–Crippen LogP) is 1.26. The molecule has 7 heteroatoms. The lowest BCUT2D eigenvalue weighted by molar-refractivity contribution is -0.121. The Morgan fingerprint density at radius 2 is 1.96 bits per heavy atom. The number of benzene rings is 1.